The number of rotatable bonds is 4. The van der Waals surface area contributed by atoms with Crippen LogP contribution in [-0.2, 0) is 10.0 Å². The minimum absolute atomic E-state index is 0.106. The summed E-state index contributed by atoms with van der Waals surface area (Å²) in [4.78, 5) is -1.18. The zero-order valence-electron chi connectivity index (χ0n) is 11.3. The molecule has 0 aromatic heterocycles. The van der Waals surface area contributed by atoms with E-state index >= 15 is 0 Å². The van der Waals surface area contributed by atoms with Gasteiger partial charge < -0.3 is 5.73 Å². The third-order valence-electron chi connectivity index (χ3n) is 3.70. The smallest absolute Gasteiger partial charge is 0.246 e. The van der Waals surface area contributed by atoms with Crippen LogP contribution in [0.5, 0.6) is 0 Å². The maximum Gasteiger partial charge on any atom is 0.246 e. The molecule has 1 fully saturated rings. The number of nitrogens with one attached hydrogen (secondary N) is 1. The van der Waals surface area contributed by atoms with Crippen LogP contribution in [0.2, 0.25) is 0 Å². The third-order valence-corrected chi connectivity index (χ3v) is 5.15. The van der Waals surface area contributed by atoms with Crippen molar-refractivity contribution in [2.75, 3.05) is 6.54 Å². The molecule has 0 atom stereocenters. The average Bonchev–Trinajstić information content (AvgIpc) is 2.36. The SMILES string of the molecule is NC1(CNS(=O)(=O)c2c(F)cc(F)cc2F)CCCCC1. The van der Waals surface area contributed by atoms with Gasteiger partial charge in [-0.2, -0.15) is 0 Å². The molecule has 1 aromatic carbocycles. The molecule has 0 spiro atoms. The molecule has 0 amide bonds. The van der Waals surface area contributed by atoms with E-state index in [1.165, 1.54) is 0 Å². The first-order valence-corrected chi connectivity index (χ1v) is 8.15. The van der Waals surface area contributed by atoms with E-state index in [1.807, 2.05) is 0 Å². The van der Waals surface area contributed by atoms with Gasteiger partial charge in [-0.05, 0) is 12.8 Å². The summed E-state index contributed by atoms with van der Waals surface area (Å²) in [6.45, 7) is -0.106. The van der Waals surface area contributed by atoms with Gasteiger partial charge in [0.2, 0.25) is 10.0 Å². The summed E-state index contributed by atoms with van der Waals surface area (Å²) in [7, 11) is -4.42. The highest BCUT2D eigenvalue weighted by Crippen LogP contribution is 2.26. The van der Waals surface area contributed by atoms with Gasteiger partial charge in [-0.25, -0.2) is 26.3 Å². The van der Waals surface area contributed by atoms with Crippen LogP contribution in [0, 0.1) is 17.5 Å². The van der Waals surface area contributed by atoms with Crippen molar-refractivity contribution in [3.8, 4) is 0 Å². The van der Waals surface area contributed by atoms with Crippen LogP contribution < -0.4 is 10.5 Å². The highest BCUT2D eigenvalue weighted by molar-refractivity contribution is 7.89. The van der Waals surface area contributed by atoms with Crippen LogP contribution in [0.15, 0.2) is 17.0 Å². The average molecular weight is 322 g/mol. The monoisotopic (exact) mass is 322 g/mol. The van der Waals surface area contributed by atoms with Gasteiger partial charge in [0.15, 0.2) is 4.90 Å². The lowest BCUT2D eigenvalue weighted by Gasteiger charge is -2.33. The standard InChI is InChI=1S/C13H17F3N2O2S/c14-9-6-10(15)12(11(16)7-9)21(19,20)18-8-13(17)4-2-1-3-5-13/h6-7,18H,1-5,8,17H2. The Morgan fingerprint density at radius 3 is 2.14 bits per heavy atom. The number of hydrogen-bond acceptors (Lipinski definition) is 3. The lowest BCUT2D eigenvalue weighted by atomic mass is 9.83. The number of sulfonamides is 1. The topological polar surface area (TPSA) is 72.2 Å². The molecule has 1 aliphatic rings. The summed E-state index contributed by atoms with van der Waals surface area (Å²) < 4.78 is 66.0. The van der Waals surface area contributed by atoms with Crippen molar-refractivity contribution in [1.82, 2.24) is 4.72 Å². The van der Waals surface area contributed by atoms with Crippen LogP contribution in [-0.4, -0.2) is 20.5 Å². The predicted octanol–water partition coefficient (Wildman–Crippen LogP) is 2.04. The zero-order valence-corrected chi connectivity index (χ0v) is 12.1. The normalized spacial score (nSPS) is 18.7. The van der Waals surface area contributed by atoms with Crippen LogP contribution in [0.25, 0.3) is 0 Å². The Morgan fingerprint density at radius 2 is 1.62 bits per heavy atom. The first-order chi connectivity index (χ1) is 9.73. The summed E-state index contributed by atoms with van der Waals surface area (Å²) >= 11 is 0. The van der Waals surface area contributed by atoms with Crippen molar-refractivity contribution >= 4 is 10.0 Å². The van der Waals surface area contributed by atoms with Crippen molar-refractivity contribution in [1.29, 1.82) is 0 Å². The number of nitrogens with two attached hydrogens (primary N) is 1. The van der Waals surface area contributed by atoms with E-state index in [9.17, 15) is 21.6 Å². The molecule has 1 saturated carbocycles. The summed E-state index contributed by atoms with van der Waals surface area (Å²) in [5, 5.41) is 0. The summed E-state index contributed by atoms with van der Waals surface area (Å²) in [6.07, 6.45) is 4.09. The lowest BCUT2D eigenvalue weighted by Crippen LogP contribution is -2.51. The van der Waals surface area contributed by atoms with Crippen LogP contribution in [0.4, 0.5) is 13.2 Å². The fourth-order valence-corrected chi connectivity index (χ4v) is 3.78. The van der Waals surface area contributed by atoms with Crippen molar-refractivity contribution in [3.63, 3.8) is 0 Å². The van der Waals surface area contributed by atoms with E-state index in [1.54, 1.807) is 0 Å². The molecule has 21 heavy (non-hydrogen) atoms. The molecule has 1 aliphatic carbocycles. The third kappa shape index (κ3) is 3.75. The van der Waals surface area contributed by atoms with Gasteiger partial charge in [-0.15, -0.1) is 0 Å². The van der Waals surface area contributed by atoms with Gasteiger partial charge in [0.05, 0.1) is 0 Å². The van der Waals surface area contributed by atoms with Crippen molar-refractivity contribution < 1.29 is 21.6 Å². The highest BCUT2D eigenvalue weighted by Gasteiger charge is 2.31. The van der Waals surface area contributed by atoms with Gasteiger partial charge in [0, 0.05) is 24.2 Å². The predicted molar refractivity (Wildman–Crippen MR) is 71.5 cm³/mol. The molecule has 8 heteroatoms. The fourth-order valence-electron chi connectivity index (χ4n) is 2.53. The minimum Gasteiger partial charge on any atom is -0.324 e. The maximum atomic E-state index is 13.5. The van der Waals surface area contributed by atoms with Gasteiger partial charge in [0.1, 0.15) is 17.5 Å². The van der Waals surface area contributed by atoms with E-state index in [4.69, 9.17) is 5.73 Å². The molecule has 4 nitrogen and oxygen atoms in total. The molecule has 0 bridgehead atoms. The van der Waals surface area contributed by atoms with Crippen LogP contribution in [0.3, 0.4) is 0 Å². The van der Waals surface area contributed by atoms with E-state index < -0.39 is 37.9 Å². The molecule has 3 N–H and O–H groups in total. The van der Waals surface area contributed by atoms with E-state index in [0.29, 0.717) is 25.0 Å². The van der Waals surface area contributed by atoms with Crippen LogP contribution >= 0.6 is 0 Å². The quantitative estimate of drug-likeness (QED) is 0.891. The molecule has 0 saturated heterocycles. The Balaban J connectivity index is 2.19. The second-order valence-corrected chi connectivity index (χ2v) is 7.15. The lowest BCUT2D eigenvalue weighted by molar-refractivity contribution is 0.296. The van der Waals surface area contributed by atoms with Gasteiger partial charge in [-0.3, -0.25) is 0 Å². The van der Waals surface area contributed by atoms with Gasteiger partial charge in [-0.1, -0.05) is 19.3 Å². The molecular weight excluding hydrogens is 305 g/mol. The minimum atomic E-state index is -4.42. The second kappa shape index (κ2) is 5.94. The van der Waals surface area contributed by atoms with E-state index in [0.717, 1.165) is 19.3 Å². The summed E-state index contributed by atoms with van der Waals surface area (Å²) in [6, 6.07) is 0.660. The van der Waals surface area contributed by atoms with Crippen molar-refractivity contribution in [2.45, 2.75) is 42.5 Å². The summed E-state index contributed by atoms with van der Waals surface area (Å²) in [5.74, 6) is -4.10. The maximum absolute atomic E-state index is 13.5. The Morgan fingerprint density at radius 1 is 1.10 bits per heavy atom. The molecule has 2 rings (SSSR count). The van der Waals surface area contributed by atoms with Crippen molar-refractivity contribution in [2.24, 2.45) is 5.73 Å². The van der Waals surface area contributed by atoms with E-state index in [2.05, 4.69) is 4.72 Å². The number of hydrogen-bond donors (Lipinski definition) is 2. The Hall–Kier alpha value is -1.12. The first kappa shape index (κ1) is 16.3. The fraction of sp³-hybridized carbons (Fsp3) is 0.538. The van der Waals surface area contributed by atoms with Crippen molar-refractivity contribution in [3.05, 3.63) is 29.6 Å². The first-order valence-electron chi connectivity index (χ1n) is 6.67. The Labute approximate surface area is 121 Å². The van der Waals surface area contributed by atoms with E-state index in [-0.39, 0.29) is 6.54 Å². The summed E-state index contributed by atoms with van der Waals surface area (Å²) in [5.41, 5.74) is 5.36. The Bertz CT molecular complexity index is 605. The number of halogens is 3. The Kier molecular flexibility index (Phi) is 4.60. The molecule has 0 aliphatic heterocycles. The van der Waals surface area contributed by atoms with Gasteiger partial charge in [0.25, 0.3) is 0 Å². The van der Waals surface area contributed by atoms with Gasteiger partial charge >= 0.3 is 0 Å². The number of benzene rings is 1. The molecule has 0 unspecified atom stereocenters. The van der Waals surface area contributed by atoms with Crippen LogP contribution in [0.1, 0.15) is 32.1 Å². The molecule has 1 aromatic rings. The molecule has 0 heterocycles. The molecule has 118 valence electrons. The highest BCUT2D eigenvalue weighted by atomic mass is 32.2. The second-order valence-electron chi connectivity index (χ2n) is 5.45. The zero-order chi connectivity index (χ0) is 15.7. The molecule has 0 radical (unpaired) electrons. The molecular formula is C13H17F3N2O2S. The largest absolute Gasteiger partial charge is 0.324 e.